The number of rotatable bonds is 6. The third kappa shape index (κ3) is 4.41. The smallest absolute Gasteiger partial charge is 0.354 e. The van der Waals surface area contributed by atoms with Gasteiger partial charge in [0.05, 0.1) is 24.2 Å². The maximum Gasteiger partial charge on any atom is 0.354 e. The number of alkyl halides is 2. The van der Waals surface area contributed by atoms with Crippen molar-refractivity contribution in [2.24, 2.45) is 18.9 Å². The molecule has 1 heterocycles. The number of anilines is 1. The topological polar surface area (TPSA) is 96.7 Å². The van der Waals surface area contributed by atoms with E-state index in [2.05, 4.69) is 15.1 Å². The van der Waals surface area contributed by atoms with Gasteiger partial charge >= 0.3 is 11.8 Å². The van der Waals surface area contributed by atoms with Gasteiger partial charge in [-0.05, 0) is 55.7 Å². The summed E-state index contributed by atoms with van der Waals surface area (Å²) in [6.45, 7) is 0. The zero-order valence-electron chi connectivity index (χ0n) is 19.4. The number of halogens is 4. The van der Waals surface area contributed by atoms with E-state index in [4.69, 9.17) is 11.6 Å². The van der Waals surface area contributed by atoms with E-state index in [1.54, 1.807) is 11.6 Å². The van der Waals surface area contributed by atoms with Crippen molar-refractivity contribution in [3.63, 3.8) is 0 Å². The molecule has 2 saturated carbocycles. The van der Waals surface area contributed by atoms with Gasteiger partial charge in [-0.2, -0.15) is 8.78 Å². The second-order valence-corrected chi connectivity index (χ2v) is 9.77. The zero-order chi connectivity index (χ0) is 25.7. The average Bonchev–Trinajstić information content (AvgIpc) is 3.46. The molecule has 2 amide bonds. The summed E-state index contributed by atoms with van der Waals surface area (Å²) in [7, 11) is 3.83. The van der Waals surface area contributed by atoms with Gasteiger partial charge in [0, 0.05) is 25.7 Å². The second-order valence-electron chi connectivity index (χ2n) is 9.36. The lowest BCUT2D eigenvalue weighted by Crippen LogP contribution is -2.56. The summed E-state index contributed by atoms with van der Waals surface area (Å²) < 4.78 is 44.8. The molecule has 2 aliphatic carbocycles. The number of aromatic nitrogens is 2. The average molecular weight is 515 g/mol. The lowest BCUT2D eigenvalue weighted by Gasteiger charge is -2.34. The summed E-state index contributed by atoms with van der Waals surface area (Å²) in [6.07, 6.45) is 1.90. The van der Waals surface area contributed by atoms with Gasteiger partial charge in [0.1, 0.15) is 17.1 Å². The van der Waals surface area contributed by atoms with Gasteiger partial charge in [-0.3, -0.25) is 14.4 Å². The Kier molecular flexibility index (Phi) is 6.62. The van der Waals surface area contributed by atoms with E-state index < -0.39 is 29.2 Å². The molecule has 1 aromatic heterocycles. The number of amides is 2. The quantitative estimate of drug-likeness (QED) is 0.572. The Morgan fingerprint density at radius 1 is 1.31 bits per heavy atom. The Balaban J connectivity index is 1.49. The SMILES string of the molecule is CON(C)C(=O)C(F)(F)C1(O)CC2CC(c3ncn(C)c3C(=O)Nc3ccc(F)c(Cl)c3)CC2C1. The predicted molar refractivity (Wildman–Crippen MR) is 120 cm³/mol. The van der Waals surface area contributed by atoms with Crippen LogP contribution in [0.2, 0.25) is 5.02 Å². The van der Waals surface area contributed by atoms with Gasteiger partial charge in [0.15, 0.2) is 0 Å². The minimum absolute atomic E-state index is 0.129. The fourth-order valence-electron chi connectivity index (χ4n) is 5.41. The summed E-state index contributed by atoms with van der Waals surface area (Å²) in [5.74, 6) is -7.36. The molecule has 35 heavy (non-hydrogen) atoms. The van der Waals surface area contributed by atoms with Crippen molar-refractivity contribution in [3.05, 3.63) is 46.8 Å². The van der Waals surface area contributed by atoms with E-state index in [0.29, 0.717) is 35.0 Å². The second kappa shape index (κ2) is 9.11. The first-order valence-corrected chi connectivity index (χ1v) is 11.5. The van der Waals surface area contributed by atoms with Gasteiger partial charge in [-0.1, -0.05) is 11.6 Å². The highest BCUT2D eigenvalue weighted by Gasteiger charge is 2.65. The molecule has 2 fully saturated rings. The van der Waals surface area contributed by atoms with E-state index in [-0.39, 0.29) is 35.6 Å². The highest BCUT2D eigenvalue weighted by Crippen LogP contribution is 2.57. The molecule has 2 N–H and O–H groups in total. The van der Waals surface area contributed by atoms with Crippen LogP contribution in [0.5, 0.6) is 0 Å². The first kappa shape index (κ1) is 25.5. The molecule has 190 valence electrons. The summed E-state index contributed by atoms with van der Waals surface area (Å²) in [5, 5.41) is 13.8. The van der Waals surface area contributed by atoms with E-state index in [1.165, 1.54) is 18.5 Å². The molecule has 2 aliphatic rings. The number of nitrogens with zero attached hydrogens (tertiary/aromatic N) is 3. The summed E-state index contributed by atoms with van der Waals surface area (Å²) in [6, 6.07) is 3.83. The number of carbonyl (C=O) groups is 2. The number of benzene rings is 1. The number of carbonyl (C=O) groups excluding carboxylic acids is 2. The van der Waals surface area contributed by atoms with Crippen LogP contribution in [-0.4, -0.2) is 57.2 Å². The minimum atomic E-state index is -4.00. The zero-order valence-corrected chi connectivity index (χ0v) is 20.2. The number of aryl methyl sites for hydroxylation is 1. The van der Waals surface area contributed by atoms with E-state index >= 15 is 0 Å². The highest BCUT2D eigenvalue weighted by atomic mass is 35.5. The van der Waals surface area contributed by atoms with E-state index in [9.17, 15) is 27.9 Å². The Bertz CT molecular complexity index is 1140. The molecule has 4 rings (SSSR count). The molecule has 0 radical (unpaired) electrons. The number of hydrogen-bond acceptors (Lipinski definition) is 5. The maximum absolute atomic E-state index is 14.9. The van der Waals surface area contributed by atoms with Crippen molar-refractivity contribution in [1.29, 1.82) is 0 Å². The van der Waals surface area contributed by atoms with E-state index in [0.717, 1.165) is 20.2 Å². The van der Waals surface area contributed by atoms with Gasteiger partial charge in [0.2, 0.25) is 0 Å². The normalized spacial score (nSPS) is 26.0. The van der Waals surface area contributed by atoms with Crippen LogP contribution in [0.3, 0.4) is 0 Å². The molecule has 2 aromatic rings. The number of imidazole rings is 1. The molecular weight excluding hydrogens is 489 g/mol. The molecule has 0 bridgehead atoms. The number of hydroxylamine groups is 2. The molecule has 8 nitrogen and oxygen atoms in total. The number of fused-ring (bicyclic) bond motifs is 1. The number of aliphatic hydroxyl groups is 1. The highest BCUT2D eigenvalue weighted by molar-refractivity contribution is 6.31. The lowest BCUT2D eigenvalue weighted by atomic mass is 9.87. The van der Waals surface area contributed by atoms with Crippen LogP contribution in [0.25, 0.3) is 0 Å². The largest absolute Gasteiger partial charge is 0.383 e. The monoisotopic (exact) mass is 514 g/mol. The molecule has 2 atom stereocenters. The Labute approximate surface area is 205 Å². The van der Waals surface area contributed by atoms with Crippen molar-refractivity contribution in [2.45, 2.75) is 43.1 Å². The number of nitrogens with one attached hydrogen (secondary N) is 1. The fourth-order valence-corrected chi connectivity index (χ4v) is 5.59. The van der Waals surface area contributed by atoms with Crippen LogP contribution in [0.15, 0.2) is 24.5 Å². The van der Waals surface area contributed by atoms with Crippen LogP contribution < -0.4 is 5.32 Å². The molecule has 2 unspecified atom stereocenters. The molecule has 12 heteroatoms. The summed E-state index contributed by atoms with van der Waals surface area (Å²) in [5.41, 5.74) is -1.33. The third-order valence-corrected chi connectivity index (χ3v) is 7.49. The third-order valence-electron chi connectivity index (χ3n) is 7.20. The standard InChI is InChI=1S/C23H26ClF3N4O4/c1-30-11-28-18(19(30)20(32)29-15-4-5-17(25)16(24)8-15)12-6-13-9-22(34,10-14(13)7-12)23(26,27)21(33)31(2)35-3/h4-5,8,11-14,34H,6-7,9-10H2,1-3H3,(H,29,32). The van der Waals surface area contributed by atoms with Gasteiger partial charge in [0.25, 0.3) is 5.91 Å². The molecular formula is C23H26ClF3N4O4. The van der Waals surface area contributed by atoms with Crippen molar-refractivity contribution < 1.29 is 32.7 Å². The van der Waals surface area contributed by atoms with E-state index in [1.807, 2.05) is 0 Å². The van der Waals surface area contributed by atoms with Crippen LogP contribution >= 0.6 is 11.6 Å². The van der Waals surface area contributed by atoms with Crippen LogP contribution in [0, 0.1) is 17.7 Å². The fraction of sp³-hybridized carbons (Fsp3) is 0.522. The molecule has 0 spiro atoms. The summed E-state index contributed by atoms with van der Waals surface area (Å²) in [4.78, 5) is 34.1. The first-order valence-electron chi connectivity index (χ1n) is 11.1. The van der Waals surface area contributed by atoms with Gasteiger partial charge in [-0.25, -0.2) is 14.4 Å². The van der Waals surface area contributed by atoms with Crippen molar-refractivity contribution in [2.75, 3.05) is 19.5 Å². The Hall–Kier alpha value is -2.63. The van der Waals surface area contributed by atoms with Crippen molar-refractivity contribution in [1.82, 2.24) is 14.6 Å². The van der Waals surface area contributed by atoms with Crippen LogP contribution in [-0.2, 0) is 16.7 Å². The van der Waals surface area contributed by atoms with Crippen molar-refractivity contribution in [3.8, 4) is 0 Å². The van der Waals surface area contributed by atoms with Gasteiger partial charge in [-0.15, -0.1) is 0 Å². The van der Waals surface area contributed by atoms with Gasteiger partial charge < -0.3 is 15.0 Å². The summed E-state index contributed by atoms with van der Waals surface area (Å²) >= 11 is 5.79. The van der Waals surface area contributed by atoms with Crippen LogP contribution in [0.4, 0.5) is 18.9 Å². The molecule has 0 aliphatic heterocycles. The first-order chi connectivity index (χ1) is 16.4. The lowest BCUT2D eigenvalue weighted by molar-refractivity contribution is -0.227. The van der Waals surface area contributed by atoms with Crippen LogP contribution in [0.1, 0.15) is 47.8 Å². The number of hydrogen-bond donors (Lipinski definition) is 2. The minimum Gasteiger partial charge on any atom is -0.383 e. The molecule has 1 aromatic carbocycles. The predicted octanol–water partition coefficient (Wildman–Crippen LogP) is 3.75. The molecule has 0 saturated heterocycles. The maximum atomic E-state index is 14.9. The Morgan fingerprint density at radius 3 is 2.51 bits per heavy atom. The Morgan fingerprint density at radius 2 is 1.94 bits per heavy atom. The van der Waals surface area contributed by atoms with Crippen molar-refractivity contribution >= 4 is 29.1 Å².